The largest absolute Gasteiger partial charge is 0.379 e. The van der Waals surface area contributed by atoms with Gasteiger partial charge in [0, 0.05) is 29.9 Å². The number of amides is 2. The lowest BCUT2D eigenvalue weighted by Crippen LogP contribution is -2.27. The average molecular weight is 367 g/mol. The molecule has 0 aromatic heterocycles. The first-order chi connectivity index (χ1) is 11.3. The van der Waals surface area contributed by atoms with Crippen LogP contribution in [0.3, 0.4) is 0 Å². The van der Waals surface area contributed by atoms with Crippen LogP contribution in [-0.2, 0) is 10.1 Å². The molecule has 3 rings (SSSR count). The number of carbonyl (C=O) groups excluding carboxylic acids is 1. The van der Waals surface area contributed by atoms with Crippen molar-refractivity contribution < 1.29 is 17.4 Å². The van der Waals surface area contributed by atoms with E-state index in [9.17, 15) is 13.2 Å². The molecule has 0 saturated carbocycles. The maximum atomic E-state index is 12.4. The van der Waals surface area contributed by atoms with Crippen molar-refractivity contribution in [1.29, 1.82) is 0 Å². The Labute approximate surface area is 145 Å². The molecule has 0 atom stereocenters. The first kappa shape index (κ1) is 16.6. The molecule has 1 saturated heterocycles. The van der Waals surface area contributed by atoms with Gasteiger partial charge in [-0.15, -0.1) is 0 Å². The third-order valence-corrected chi connectivity index (χ3v) is 5.00. The SMILES string of the molecule is Cc1cc(Cl)cc(OS(=O)(=O)c2ccc(N3CCNC3=O)cc2)c1. The van der Waals surface area contributed by atoms with E-state index in [0.29, 0.717) is 23.8 Å². The number of rotatable bonds is 4. The van der Waals surface area contributed by atoms with E-state index in [-0.39, 0.29) is 16.7 Å². The third-order valence-electron chi connectivity index (χ3n) is 3.52. The molecule has 0 bridgehead atoms. The summed E-state index contributed by atoms with van der Waals surface area (Å²) >= 11 is 5.91. The number of nitrogens with one attached hydrogen (secondary N) is 1. The minimum atomic E-state index is -3.98. The van der Waals surface area contributed by atoms with Gasteiger partial charge in [0.25, 0.3) is 0 Å². The van der Waals surface area contributed by atoms with E-state index in [1.54, 1.807) is 31.2 Å². The number of halogens is 1. The van der Waals surface area contributed by atoms with Crippen LogP contribution in [0.1, 0.15) is 5.56 Å². The highest BCUT2D eigenvalue weighted by atomic mass is 35.5. The zero-order valence-corrected chi connectivity index (χ0v) is 14.4. The molecule has 1 aliphatic heterocycles. The highest BCUT2D eigenvalue weighted by Gasteiger charge is 2.22. The molecule has 2 amide bonds. The monoisotopic (exact) mass is 366 g/mol. The van der Waals surface area contributed by atoms with Gasteiger partial charge in [-0.05, 0) is 48.9 Å². The summed E-state index contributed by atoms with van der Waals surface area (Å²) in [4.78, 5) is 13.2. The molecule has 2 aromatic rings. The molecule has 1 fully saturated rings. The number of anilines is 1. The third kappa shape index (κ3) is 3.47. The maximum Gasteiger partial charge on any atom is 0.339 e. The van der Waals surface area contributed by atoms with Crippen molar-refractivity contribution in [3.8, 4) is 5.75 Å². The van der Waals surface area contributed by atoms with Crippen molar-refractivity contribution in [3.05, 3.63) is 53.1 Å². The van der Waals surface area contributed by atoms with Gasteiger partial charge in [0.1, 0.15) is 10.6 Å². The molecule has 24 heavy (non-hydrogen) atoms. The Morgan fingerprint density at radius 2 is 1.88 bits per heavy atom. The van der Waals surface area contributed by atoms with Crippen LogP contribution < -0.4 is 14.4 Å². The van der Waals surface area contributed by atoms with Gasteiger partial charge in [-0.3, -0.25) is 4.90 Å². The van der Waals surface area contributed by atoms with E-state index in [0.717, 1.165) is 5.56 Å². The van der Waals surface area contributed by atoms with Gasteiger partial charge in [0.05, 0.1) is 0 Å². The molecule has 126 valence electrons. The summed E-state index contributed by atoms with van der Waals surface area (Å²) in [7, 11) is -3.98. The molecule has 0 aliphatic carbocycles. The van der Waals surface area contributed by atoms with Crippen molar-refractivity contribution in [2.75, 3.05) is 18.0 Å². The Hall–Kier alpha value is -2.25. The van der Waals surface area contributed by atoms with Crippen LogP contribution in [0.4, 0.5) is 10.5 Å². The summed E-state index contributed by atoms with van der Waals surface area (Å²) < 4.78 is 29.9. The topological polar surface area (TPSA) is 75.7 Å². The zero-order chi connectivity index (χ0) is 17.3. The van der Waals surface area contributed by atoms with Crippen molar-refractivity contribution in [1.82, 2.24) is 5.32 Å². The van der Waals surface area contributed by atoms with Crippen LogP contribution in [0, 0.1) is 6.92 Å². The summed E-state index contributed by atoms with van der Waals surface area (Å²) in [5.74, 6) is 0.156. The van der Waals surface area contributed by atoms with E-state index in [4.69, 9.17) is 15.8 Å². The molecule has 0 unspecified atom stereocenters. The molecule has 6 nitrogen and oxygen atoms in total. The summed E-state index contributed by atoms with van der Waals surface area (Å²) in [5.41, 5.74) is 1.42. The number of aryl methyl sites for hydroxylation is 1. The lowest BCUT2D eigenvalue weighted by molar-refractivity contribution is 0.252. The zero-order valence-electron chi connectivity index (χ0n) is 12.8. The fourth-order valence-corrected chi connectivity index (χ4v) is 3.63. The summed E-state index contributed by atoms with van der Waals surface area (Å²) in [6, 6.07) is 10.5. The number of hydrogen-bond donors (Lipinski definition) is 1. The van der Waals surface area contributed by atoms with Crippen molar-refractivity contribution in [2.45, 2.75) is 11.8 Å². The van der Waals surface area contributed by atoms with E-state index >= 15 is 0 Å². The first-order valence-electron chi connectivity index (χ1n) is 7.22. The highest BCUT2D eigenvalue weighted by molar-refractivity contribution is 7.87. The fraction of sp³-hybridized carbons (Fsp3) is 0.188. The predicted octanol–water partition coefficient (Wildman–Crippen LogP) is 2.95. The van der Waals surface area contributed by atoms with E-state index in [1.165, 1.54) is 23.1 Å². The Morgan fingerprint density at radius 3 is 2.46 bits per heavy atom. The van der Waals surface area contributed by atoms with Crippen molar-refractivity contribution >= 4 is 33.4 Å². The lowest BCUT2D eigenvalue weighted by Gasteiger charge is -2.14. The quantitative estimate of drug-likeness (QED) is 0.844. The Kier molecular flexibility index (Phi) is 4.38. The van der Waals surface area contributed by atoms with Crippen molar-refractivity contribution in [3.63, 3.8) is 0 Å². The second-order valence-corrected chi connectivity index (χ2v) is 7.36. The summed E-state index contributed by atoms with van der Waals surface area (Å²) in [5, 5.41) is 3.09. The molecular formula is C16H15ClN2O4S. The maximum absolute atomic E-state index is 12.4. The van der Waals surface area contributed by atoms with Crippen LogP contribution in [0.5, 0.6) is 5.75 Å². The number of urea groups is 1. The Bertz CT molecular complexity index is 861. The standard InChI is InChI=1S/C16H15ClN2O4S/c1-11-8-12(17)10-14(9-11)23-24(21,22)15-4-2-13(3-5-15)19-7-6-18-16(19)20/h2-5,8-10H,6-7H2,1H3,(H,18,20). The van der Waals surface area contributed by atoms with Crippen LogP contribution in [0.2, 0.25) is 5.02 Å². The fourth-order valence-electron chi connectivity index (χ4n) is 2.44. The van der Waals surface area contributed by atoms with Crippen LogP contribution >= 0.6 is 11.6 Å². The first-order valence-corrected chi connectivity index (χ1v) is 9.01. The van der Waals surface area contributed by atoms with Gasteiger partial charge in [-0.1, -0.05) is 11.6 Å². The highest BCUT2D eigenvalue weighted by Crippen LogP contribution is 2.25. The Balaban J connectivity index is 1.83. The second-order valence-electron chi connectivity index (χ2n) is 5.38. The molecule has 1 N–H and O–H groups in total. The number of hydrogen-bond acceptors (Lipinski definition) is 4. The number of benzene rings is 2. The van der Waals surface area contributed by atoms with Crippen LogP contribution in [0.25, 0.3) is 0 Å². The van der Waals surface area contributed by atoms with Gasteiger partial charge in [-0.25, -0.2) is 4.79 Å². The minimum absolute atomic E-state index is 0.00323. The van der Waals surface area contributed by atoms with Crippen molar-refractivity contribution in [2.24, 2.45) is 0 Å². The number of carbonyl (C=O) groups is 1. The van der Waals surface area contributed by atoms with E-state index in [1.807, 2.05) is 0 Å². The molecule has 0 spiro atoms. The van der Waals surface area contributed by atoms with Crippen LogP contribution in [-0.4, -0.2) is 27.5 Å². The minimum Gasteiger partial charge on any atom is -0.379 e. The lowest BCUT2D eigenvalue weighted by atomic mass is 10.2. The van der Waals surface area contributed by atoms with E-state index < -0.39 is 10.1 Å². The average Bonchev–Trinajstić information content (AvgIpc) is 2.92. The van der Waals surface area contributed by atoms with Crippen LogP contribution in [0.15, 0.2) is 47.4 Å². The predicted molar refractivity (Wildman–Crippen MR) is 91.2 cm³/mol. The molecule has 1 aliphatic rings. The summed E-state index contributed by atoms with van der Waals surface area (Å²) in [6.07, 6.45) is 0. The second kappa shape index (κ2) is 6.33. The Morgan fingerprint density at radius 1 is 1.17 bits per heavy atom. The van der Waals surface area contributed by atoms with Gasteiger partial charge in [0.2, 0.25) is 0 Å². The van der Waals surface area contributed by atoms with Gasteiger partial charge in [0.15, 0.2) is 0 Å². The normalized spacial score (nSPS) is 14.6. The molecule has 0 radical (unpaired) electrons. The molecule has 8 heteroatoms. The van der Waals surface area contributed by atoms with E-state index in [2.05, 4.69) is 5.32 Å². The molecule has 2 aromatic carbocycles. The van der Waals surface area contributed by atoms with Gasteiger partial charge in [-0.2, -0.15) is 8.42 Å². The summed E-state index contributed by atoms with van der Waals surface area (Å²) in [6.45, 7) is 2.90. The molecular weight excluding hydrogens is 352 g/mol. The molecule has 1 heterocycles. The van der Waals surface area contributed by atoms with Gasteiger partial charge >= 0.3 is 16.1 Å². The smallest absolute Gasteiger partial charge is 0.339 e. The van der Waals surface area contributed by atoms with Gasteiger partial charge < -0.3 is 9.50 Å². The number of nitrogens with zero attached hydrogens (tertiary/aromatic N) is 1.